The number of hydrogen-bond donors (Lipinski definition) is 1. The molecule has 2 aromatic carbocycles. The second kappa shape index (κ2) is 9.18. The Hall–Kier alpha value is -3.62. The van der Waals surface area contributed by atoms with Crippen molar-refractivity contribution in [3.05, 3.63) is 58.6 Å². The fraction of sp³-hybridized carbons (Fsp3) is 0.222. The number of benzene rings is 2. The molecule has 0 aliphatic heterocycles. The first-order chi connectivity index (χ1) is 12.9. The number of hydrogen-bond acceptors (Lipinski definition) is 7. The highest BCUT2D eigenvalue weighted by Gasteiger charge is 2.21. The van der Waals surface area contributed by atoms with Crippen LogP contribution in [0.1, 0.15) is 6.92 Å². The van der Waals surface area contributed by atoms with Gasteiger partial charge in [0.15, 0.2) is 12.7 Å². The van der Waals surface area contributed by atoms with Gasteiger partial charge in [0.05, 0.1) is 17.7 Å². The number of nitrogens with one attached hydrogen (secondary N) is 1. The Balaban J connectivity index is 1.94. The average molecular weight is 374 g/mol. The molecule has 0 saturated heterocycles. The number of esters is 1. The molecule has 0 heterocycles. The van der Waals surface area contributed by atoms with E-state index in [0.717, 1.165) is 6.07 Å². The number of ether oxygens (including phenoxy) is 3. The lowest BCUT2D eigenvalue weighted by Crippen LogP contribution is -2.31. The van der Waals surface area contributed by atoms with Gasteiger partial charge in [-0.1, -0.05) is 18.2 Å². The molecule has 1 N–H and O–H groups in total. The van der Waals surface area contributed by atoms with Crippen molar-refractivity contribution in [2.75, 3.05) is 19.0 Å². The maximum Gasteiger partial charge on any atom is 0.344 e. The van der Waals surface area contributed by atoms with Crippen molar-refractivity contribution >= 4 is 23.3 Å². The molecule has 1 atom stereocenters. The maximum atomic E-state index is 12.2. The third-order valence-corrected chi connectivity index (χ3v) is 3.43. The molecule has 1 amide bonds. The summed E-state index contributed by atoms with van der Waals surface area (Å²) in [5, 5.41) is 13.3. The summed E-state index contributed by atoms with van der Waals surface area (Å²) in [6.45, 7) is 1.02. The number of carbonyl (C=O) groups is 2. The Labute approximate surface area is 155 Å². The van der Waals surface area contributed by atoms with E-state index in [2.05, 4.69) is 5.32 Å². The van der Waals surface area contributed by atoms with Crippen LogP contribution < -0.4 is 14.8 Å². The lowest BCUT2D eigenvalue weighted by atomic mass is 10.2. The van der Waals surface area contributed by atoms with Crippen LogP contribution in [0.5, 0.6) is 11.5 Å². The van der Waals surface area contributed by atoms with Gasteiger partial charge >= 0.3 is 5.97 Å². The van der Waals surface area contributed by atoms with Crippen molar-refractivity contribution in [2.24, 2.45) is 0 Å². The third-order valence-electron chi connectivity index (χ3n) is 3.43. The monoisotopic (exact) mass is 374 g/mol. The molecular formula is C18H18N2O7. The zero-order chi connectivity index (χ0) is 19.8. The van der Waals surface area contributed by atoms with Crippen LogP contribution in [0.3, 0.4) is 0 Å². The number of rotatable bonds is 8. The van der Waals surface area contributed by atoms with Gasteiger partial charge in [-0.15, -0.1) is 0 Å². The summed E-state index contributed by atoms with van der Waals surface area (Å²) in [7, 11) is 1.36. The van der Waals surface area contributed by atoms with Gasteiger partial charge in [0.2, 0.25) is 0 Å². The predicted octanol–water partition coefficient (Wildman–Crippen LogP) is 2.55. The molecule has 9 nitrogen and oxygen atoms in total. The molecule has 2 rings (SSSR count). The van der Waals surface area contributed by atoms with E-state index >= 15 is 0 Å². The minimum absolute atomic E-state index is 0.0973. The molecule has 27 heavy (non-hydrogen) atoms. The van der Waals surface area contributed by atoms with Crippen molar-refractivity contribution < 1.29 is 28.7 Å². The average Bonchev–Trinajstić information content (AvgIpc) is 2.67. The standard InChI is InChI=1S/C18H18N2O7/c1-12(27-17(21)11-26-14-6-4-3-5-7-14)18(22)19-15-10-13(20(23)24)8-9-16(15)25-2/h3-10,12H,11H2,1-2H3,(H,19,22)/t12-/m0/s1. The van der Waals surface area contributed by atoms with Crippen LogP contribution >= 0.6 is 0 Å². The number of non-ortho nitro benzene ring substituents is 1. The molecule has 0 saturated carbocycles. The van der Waals surface area contributed by atoms with Crippen LogP contribution in [-0.4, -0.2) is 36.6 Å². The number of amides is 1. The number of para-hydroxylation sites is 1. The number of carbonyl (C=O) groups excluding carboxylic acids is 2. The van der Waals surface area contributed by atoms with Crippen molar-refractivity contribution in [1.82, 2.24) is 0 Å². The highest BCUT2D eigenvalue weighted by atomic mass is 16.6. The van der Waals surface area contributed by atoms with E-state index in [9.17, 15) is 19.7 Å². The van der Waals surface area contributed by atoms with Crippen molar-refractivity contribution in [3.8, 4) is 11.5 Å². The molecule has 0 aromatic heterocycles. The zero-order valence-electron chi connectivity index (χ0n) is 14.7. The molecule has 2 aromatic rings. The number of methoxy groups -OCH3 is 1. The smallest absolute Gasteiger partial charge is 0.344 e. The first-order valence-corrected chi connectivity index (χ1v) is 7.91. The van der Waals surface area contributed by atoms with E-state index in [0.29, 0.717) is 5.75 Å². The summed E-state index contributed by atoms with van der Waals surface area (Å²) >= 11 is 0. The van der Waals surface area contributed by atoms with Crippen LogP contribution in [0.25, 0.3) is 0 Å². The predicted molar refractivity (Wildman–Crippen MR) is 95.8 cm³/mol. The fourth-order valence-electron chi connectivity index (χ4n) is 2.09. The molecule has 142 valence electrons. The van der Waals surface area contributed by atoms with Crippen LogP contribution in [-0.2, 0) is 14.3 Å². The fourth-order valence-corrected chi connectivity index (χ4v) is 2.09. The molecule has 0 radical (unpaired) electrons. The van der Waals surface area contributed by atoms with Crippen LogP contribution in [0.4, 0.5) is 11.4 Å². The first-order valence-electron chi connectivity index (χ1n) is 7.91. The van der Waals surface area contributed by atoms with E-state index in [-0.39, 0.29) is 23.7 Å². The van der Waals surface area contributed by atoms with Crippen molar-refractivity contribution in [1.29, 1.82) is 0 Å². The largest absolute Gasteiger partial charge is 0.495 e. The molecule has 0 aliphatic rings. The summed E-state index contributed by atoms with van der Waals surface area (Å²) < 4.78 is 15.3. The Bertz CT molecular complexity index is 824. The van der Waals surface area contributed by atoms with Gasteiger partial charge in [-0.05, 0) is 25.1 Å². The maximum absolute atomic E-state index is 12.2. The van der Waals surface area contributed by atoms with E-state index < -0.39 is 22.9 Å². The van der Waals surface area contributed by atoms with E-state index in [1.165, 1.54) is 26.2 Å². The van der Waals surface area contributed by atoms with Crippen LogP contribution in [0.2, 0.25) is 0 Å². The number of nitro groups is 1. The lowest BCUT2D eigenvalue weighted by Gasteiger charge is -2.15. The highest BCUT2D eigenvalue weighted by molar-refractivity contribution is 5.96. The van der Waals surface area contributed by atoms with Crippen LogP contribution in [0.15, 0.2) is 48.5 Å². The molecule has 0 unspecified atom stereocenters. The van der Waals surface area contributed by atoms with Gasteiger partial charge in [-0.25, -0.2) is 4.79 Å². The second-order valence-electron chi connectivity index (χ2n) is 5.36. The first kappa shape index (κ1) is 19.7. The van der Waals surface area contributed by atoms with E-state index in [4.69, 9.17) is 14.2 Å². The third kappa shape index (κ3) is 5.70. The number of nitrogens with zero attached hydrogens (tertiary/aromatic N) is 1. The summed E-state index contributed by atoms with van der Waals surface area (Å²) in [5.74, 6) is -0.665. The zero-order valence-corrected chi connectivity index (χ0v) is 14.7. The van der Waals surface area contributed by atoms with Crippen LogP contribution in [0, 0.1) is 10.1 Å². The Morgan fingerprint density at radius 3 is 2.52 bits per heavy atom. The molecule has 0 bridgehead atoms. The summed E-state index contributed by atoms with van der Waals surface area (Å²) in [4.78, 5) is 34.3. The minimum Gasteiger partial charge on any atom is -0.495 e. The molecule has 0 spiro atoms. The van der Waals surface area contributed by atoms with Gasteiger partial charge in [-0.2, -0.15) is 0 Å². The highest BCUT2D eigenvalue weighted by Crippen LogP contribution is 2.29. The molecule has 0 aliphatic carbocycles. The van der Waals surface area contributed by atoms with Crippen molar-refractivity contribution in [2.45, 2.75) is 13.0 Å². The van der Waals surface area contributed by atoms with E-state index in [1.54, 1.807) is 30.3 Å². The topological polar surface area (TPSA) is 117 Å². The Kier molecular flexibility index (Phi) is 6.70. The SMILES string of the molecule is COc1ccc([N+](=O)[O-])cc1NC(=O)[C@H](C)OC(=O)COc1ccccc1. The summed E-state index contributed by atoms with van der Waals surface area (Å²) in [6.07, 6.45) is -1.14. The van der Waals surface area contributed by atoms with Crippen molar-refractivity contribution in [3.63, 3.8) is 0 Å². The number of anilines is 1. The quantitative estimate of drug-likeness (QED) is 0.429. The molecular weight excluding hydrogens is 356 g/mol. The molecule has 0 fully saturated rings. The van der Waals surface area contributed by atoms with Gasteiger partial charge in [0, 0.05) is 12.1 Å². The lowest BCUT2D eigenvalue weighted by molar-refractivity contribution is -0.384. The Morgan fingerprint density at radius 2 is 1.89 bits per heavy atom. The van der Waals surface area contributed by atoms with Gasteiger partial charge in [0.25, 0.3) is 11.6 Å². The molecule has 9 heteroatoms. The summed E-state index contributed by atoms with van der Waals surface area (Å²) in [5.41, 5.74) is -0.118. The normalized spacial score (nSPS) is 11.2. The van der Waals surface area contributed by atoms with Gasteiger partial charge < -0.3 is 19.5 Å². The van der Waals surface area contributed by atoms with E-state index in [1.807, 2.05) is 0 Å². The summed E-state index contributed by atoms with van der Waals surface area (Å²) in [6, 6.07) is 12.4. The second-order valence-corrected chi connectivity index (χ2v) is 5.36. The van der Waals surface area contributed by atoms with Gasteiger partial charge in [0.1, 0.15) is 11.5 Å². The number of nitro benzene ring substituents is 1. The van der Waals surface area contributed by atoms with Gasteiger partial charge in [-0.3, -0.25) is 14.9 Å². The minimum atomic E-state index is -1.14. The Morgan fingerprint density at radius 1 is 1.19 bits per heavy atom.